The molecule has 1 aromatic carbocycles. The van der Waals surface area contributed by atoms with E-state index >= 15 is 0 Å². The lowest BCUT2D eigenvalue weighted by atomic mass is 10.2. The molecule has 1 rings (SSSR count). The third-order valence-corrected chi connectivity index (χ3v) is 4.11. The summed E-state index contributed by atoms with van der Waals surface area (Å²) < 4.78 is 26.4. The Morgan fingerprint density at radius 2 is 1.90 bits per heavy atom. The Hall–Kier alpha value is -1.88. The first kappa shape index (κ1) is 17.2. The van der Waals surface area contributed by atoms with E-state index in [1.54, 1.807) is 26.2 Å². The van der Waals surface area contributed by atoms with Crippen molar-refractivity contribution in [3.63, 3.8) is 0 Å². The molecule has 0 heterocycles. The minimum Gasteiger partial charge on any atom is -0.349 e. The van der Waals surface area contributed by atoms with Crippen LogP contribution in [-0.2, 0) is 14.8 Å². The van der Waals surface area contributed by atoms with Gasteiger partial charge in [0, 0.05) is 32.6 Å². The zero-order valence-corrected chi connectivity index (χ0v) is 12.9. The summed E-state index contributed by atoms with van der Waals surface area (Å²) in [6, 6.07) is 6.16. The van der Waals surface area contributed by atoms with Crippen LogP contribution in [-0.4, -0.2) is 46.4 Å². The van der Waals surface area contributed by atoms with Crippen LogP contribution in [0.1, 0.15) is 12.0 Å². The molecule has 1 aromatic rings. The minimum atomic E-state index is -3.61. The maximum absolute atomic E-state index is 12.0. The van der Waals surface area contributed by atoms with Crippen LogP contribution >= 0.6 is 0 Å². The topological polar surface area (TPSA) is 92.5 Å². The Morgan fingerprint density at radius 1 is 1.29 bits per heavy atom. The largest absolute Gasteiger partial charge is 0.349 e. The summed E-state index contributed by atoms with van der Waals surface area (Å²) in [4.78, 5) is 12.9. The van der Waals surface area contributed by atoms with Gasteiger partial charge >= 0.3 is 0 Å². The summed E-state index contributed by atoms with van der Waals surface area (Å²) in [6.45, 7) is 0.315. The second-order valence-electron chi connectivity index (χ2n) is 4.47. The number of hydrogen-bond acceptors (Lipinski definition) is 4. The van der Waals surface area contributed by atoms with Crippen LogP contribution in [0.5, 0.6) is 0 Å². The zero-order valence-electron chi connectivity index (χ0n) is 12.1. The molecule has 1 amide bonds. The lowest BCUT2D eigenvalue weighted by Crippen LogP contribution is -2.30. The number of hydrogen-bond donors (Lipinski definition) is 2. The van der Waals surface area contributed by atoms with Crippen molar-refractivity contribution >= 4 is 15.9 Å². The Morgan fingerprint density at radius 3 is 2.43 bits per heavy atom. The second kappa shape index (κ2) is 7.78. The quantitative estimate of drug-likeness (QED) is 0.734. The Bertz CT molecular complexity index is 640. The zero-order chi connectivity index (χ0) is 15.9. The Kier molecular flexibility index (Phi) is 6.37. The highest BCUT2D eigenvalue weighted by Crippen LogP contribution is 2.09. The first-order chi connectivity index (χ1) is 9.86. The van der Waals surface area contributed by atoms with Crippen LogP contribution in [0.25, 0.3) is 0 Å². The average molecular weight is 309 g/mol. The molecule has 0 aliphatic carbocycles. The highest BCUT2D eigenvalue weighted by molar-refractivity contribution is 7.89. The van der Waals surface area contributed by atoms with Crippen molar-refractivity contribution < 1.29 is 13.2 Å². The highest BCUT2D eigenvalue weighted by Gasteiger charge is 2.14. The molecule has 0 aromatic heterocycles. The molecular formula is C14H19N3O3S. The van der Waals surface area contributed by atoms with Crippen molar-refractivity contribution in [1.82, 2.24) is 9.62 Å². The summed E-state index contributed by atoms with van der Waals surface area (Å²) in [5.74, 6) is 5.37. The van der Waals surface area contributed by atoms with Crippen LogP contribution in [0.2, 0.25) is 0 Å². The van der Waals surface area contributed by atoms with Crippen molar-refractivity contribution in [1.29, 1.82) is 0 Å². The van der Waals surface area contributed by atoms with Crippen molar-refractivity contribution in [3.05, 3.63) is 29.8 Å². The molecule has 0 fully saturated rings. The number of sulfonamides is 1. The first-order valence-electron chi connectivity index (χ1n) is 6.35. The summed E-state index contributed by atoms with van der Waals surface area (Å²) in [7, 11) is -0.367. The number of carbonyl (C=O) groups excluding carboxylic acids is 1. The van der Waals surface area contributed by atoms with Crippen LogP contribution in [0, 0.1) is 11.8 Å². The molecule has 0 aliphatic rings. The molecule has 0 saturated carbocycles. The van der Waals surface area contributed by atoms with E-state index in [1.807, 2.05) is 0 Å². The molecule has 3 N–H and O–H groups in total. The summed E-state index contributed by atoms with van der Waals surface area (Å²) in [5, 5.41) is 0. The van der Waals surface area contributed by atoms with E-state index in [0.717, 1.165) is 0 Å². The molecule has 0 atom stereocenters. The maximum atomic E-state index is 12.0. The smallest absolute Gasteiger partial charge is 0.240 e. The summed E-state index contributed by atoms with van der Waals surface area (Å²) in [5.41, 5.74) is 5.96. The number of rotatable bonds is 5. The second-order valence-corrected chi connectivity index (χ2v) is 6.23. The van der Waals surface area contributed by atoms with Crippen LogP contribution in [0.3, 0.4) is 0 Å². The predicted octanol–water partition coefficient (Wildman–Crippen LogP) is -0.247. The van der Waals surface area contributed by atoms with Gasteiger partial charge in [0.05, 0.1) is 11.4 Å². The van der Waals surface area contributed by atoms with Gasteiger partial charge in [-0.1, -0.05) is 11.8 Å². The fourth-order valence-corrected chi connectivity index (χ4v) is 2.50. The molecule has 0 radical (unpaired) electrons. The van der Waals surface area contributed by atoms with Crippen LogP contribution < -0.4 is 10.5 Å². The molecule has 7 heteroatoms. The van der Waals surface area contributed by atoms with E-state index in [0.29, 0.717) is 5.56 Å². The standard InChI is InChI=1S/C14H19N3O3S/c1-17(2)14(18)9-11-16-21(19,20)13-7-5-12(6-8-13)4-3-10-15/h5-8,16H,9-11,15H2,1-2H3. The Labute approximate surface area is 125 Å². The number of benzene rings is 1. The number of nitrogens with two attached hydrogens (primary N) is 1. The van der Waals surface area contributed by atoms with E-state index in [1.165, 1.54) is 17.0 Å². The predicted molar refractivity (Wildman–Crippen MR) is 80.9 cm³/mol. The van der Waals surface area contributed by atoms with Gasteiger partial charge in [-0.3, -0.25) is 4.79 Å². The fourth-order valence-electron chi connectivity index (χ4n) is 1.47. The molecule has 0 spiro atoms. The molecule has 0 saturated heterocycles. The molecule has 0 bridgehead atoms. The molecule has 21 heavy (non-hydrogen) atoms. The van der Waals surface area contributed by atoms with Gasteiger partial charge in [0.15, 0.2) is 0 Å². The first-order valence-corrected chi connectivity index (χ1v) is 7.84. The van der Waals surface area contributed by atoms with E-state index in [2.05, 4.69) is 16.6 Å². The highest BCUT2D eigenvalue weighted by atomic mass is 32.2. The average Bonchev–Trinajstić information content (AvgIpc) is 2.45. The maximum Gasteiger partial charge on any atom is 0.240 e. The molecule has 114 valence electrons. The van der Waals surface area contributed by atoms with Gasteiger partial charge in [0.25, 0.3) is 0 Å². The molecular weight excluding hydrogens is 290 g/mol. The lowest BCUT2D eigenvalue weighted by Gasteiger charge is -2.11. The van der Waals surface area contributed by atoms with Gasteiger partial charge in [-0.05, 0) is 24.3 Å². The third-order valence-electron chi connectivity index (χ3n) is 2.63. The van der Waals surface area contributed by atoms with Crippen molar-refractivity contribution in [2.75, 3.05) is 27.2 Å². The molecule has 0 unspecified atom stereocenters. The number of carbonyl (C=O) groups is 1. The van der Waals surface area contributed by atoms with Crippen LogP contribution in [0.4, 0.5) is 0 Å². The van der Waals surface area contributed by atoms with Gasteiger partial charge < -0.3 is 10.6 Å². The summed E-state index contributed by atoms with van der Waals surface area (Å²) in [6.07, 6.45) is 0.117. The Balaban J connectivity index is 2.68. The van der Waals surface area contributed by atoms with E-state index < -0.39 is 10.0 Å². The van der Waals surface area contributed by atoms with Gasteiger partial charge in [0.2, 0.25) is 15.9 Å². The van der Waals surface area contributed by atoms with Gasteiger partial charge in [0.1, 0.15) is 0 Å². The molecule has 0 aliphatic heterocycles. The fraction of sp³-hybridized carbons (Fsp3) is 0.357. The number of nitrogens with zero attached hydrogens (tertiary/aromatic N) is 1. The number of amides is 1. The molecule has 6 nitrogen and oxygen atoms in total. The van der Waals surface area contributed by atoms with Crippen molar-refractivity contribution in [3.8, 4) is 11.8 Å². The van der Waals surface area contributed by atoms with Crippen LogP contribution in [0.15, 0.2) is 29.2 Å². The van der Waals surface area contributed by atoms with E-state index in [4.69, 9.17) is 5.73 Å². The van der Waals surface area contributed by atoms with Crippen molar-refractivity contribution in [2.24, 2.45) is 5.73 Å². The summed E-state index contributed by atoms with van der Waals surface area (Å²) >= 11 is 0. The van der Waals surface area contributed by atoms with Gasteiger partial charge in [-0.2, -0.15) is 0 Å². The van der Waals surface area contributed by atoms with Crippen molar-refractivity contribution in [2.45, 2.75) is 11.3 Å². The van der Waals surface area contributed by atoms with Gasteiger partial charge in [-0.15, -0.1) is 0 Å². The lowest BCUT2D eigenvalue weighted by molar-refractivity contribution is -0.128. The van der Waals surface area contributed by atoms with Gasteiger partial charge in [-0.25, -0.2) is 13.1 Å². The van der Waals surface area contributed by atoms with E-state index in [-0.39, 0.29) is 30.3 Å². The number of nitrogens with one attached hydrogen (secondary N) is 1. The normalized spacial score (nSPS) is 10.6. The SMILES string of the molecule is CN(C)C(=O)CCNS(=O)(=O)c1ccc(C#CCN)cc1. The minimum absolute atomic E-state index is 0.0636. The monoisotopic (exact) mass is 309 g/mol. The third kappa shape index (κ3) is 5.55. The van der Waals surface area contributed by atoms with E-state index in [9.17, 15) is 13.2 Å².